The van der Waals surface area contributed by atoms with Crippen molar-refractivity contribution in [3.05, 3.63) is 71.4 Å². The molecule has 0 aliphatic rings. The minimum Gasteiger partial charge on any atom is -0.360 e. The smallest absolute Gasteiger partial charge is 0.273 e. The molecule has 2 aromatic heterocycles. The molecule has 0 atom stereocenters. The summed E-state index contributed by atoms with van der Waals surface area (Å²) < 4.78 is 2.06. The first-order valence-electron chi connectivity index (χ1n) is 7.83. The number of hydrogen-bond acceptors (Lipinski definition) is 3. The second-order valence-electron chi connectivity index (χ2n) is 5.66. The summed E-state index contributed by atoms with van der Waals surface area (Å²) in [5, 5.41) is 10.9. The second kappa shape index (κ2) is 6.45. The fourth-order valence-electron chi connectivity index (χ4n) is 2.85. The lowest BCUT2D eigenvalue weighted by molar-refractivity contribution is -0.221. The highest BCUT2D eigenvalue weighted by Gasteiger charge is 2.12. The molecule has 7 nitrogen and oxygen atoms in total. The van der Waals surface area contributed by atoms with Crippen LogP contribution in [-0.4, -0.2) is 15.2 Å². The minimum atomic E-state index is 0.230. The van der Waals surface area contributed by atoms with Gasteiger partial charge in [-0.2, -0.15) is 5.53 Å². The van der Waals surface area contributed by atoms with Crippen molar-refractivity contribution in [2.45, 2.75) is 0 Å². The molecule has 0 aliphatic carbocycles. The largest absolute Gasteiger partial charge is 0.360 e. The number of halogens is 1. The average molecular weight is 365 g/mol. The number of amidine groups is 1. The van der Waals surface area contributed by atoms with Crippen molar-refractivity contribution in [1.82, 2.24) is 9.38 Å². The van der Waals surface area contributed by atoms with Gasteiger partial charge in [0.25, 0.3) is 5.84 Å². The normalized spacial score (nSPS) is 11.8. The van der Waals surface area contributed by atoms with Crippen LogP contribution in [0, 0.1) is 0 Å². The summed E-state index contributed by atoms with van der Waals surface area (Å²) in [6, 6.07) is 17.1. The predicted molar refractivity (Wildman–Crippen MR) is 103 cm³/mol. The van der Waals surface area contributed by atoms with Gasteiger partial charge in [-0.3, -0.25) is 0 Å². The zero-order valence-corrected chi connectivity index (χ0v) is 14.4. The molecule has 0 radical (unpaired) electrons. The molecular weight excluding hydrogens is 350 g/mol. The van der Waals surface area contributed by atoms with Crippen molar-refractivity contribution in [2.24, 2.45) is 16.1 Å². The Morgan fingerprint density at radius 3 is 2.81 bits per heavy atom. The number of nitrogens with two attached hydrogens (primary N) is 2. The molecule has 4 rings (SSSR count). The van der Waals surface area contributed by atoms with Crippen LogP contribution >= 0.6 is 11.6 Å². The summed E-state index contributed by atoms with van der Waals surface area (Å²) in [5.41, 5.74) is 15.2. The first-order chi connectivity index (χ1) is 12.7. The van der Waals surface area contributed by atoms with E-state index in [-0.39, 0.29) is 5.84 Å². The van der Waals surface area contributed by atoms with E-state index in [0.29, 0.717) is 16.4 Å². The van der Waals surface area contributed by atoms with Gasteiger partial charge in [0.15, 0.2) is 5.82 Å². The Balaban J connectivity index is 1.89. The monoisotopic (exact) mass is 364 g/mol. The van der Waals surface area contributed by atoms with Gasteiger partial charge >= 0.3 is 0 Å². The maximum Gasteiger partial charge on any atom is 0.273 e. The van der Waals surface area contributed by atoms with E-state index < -0.39 is 0 Å². The van der Waals surface area contributed by atoms with Gasteiger partial charge in [-0.1, -0.05) is 17.7 Å². The van der Waals surface area contributed by atoms with Gasteiger partial charge in [0.05, 0.1) is 21.7 Å². The second-order valence-corrected chi connectivity index (χ2v) is 6.10. The van der Waals surface area contributed by atoms with Gasteiger partial charge in [-0.25, -0.2) is 4.98 Å². The molecule has 0 amide bonds. The highest BCUT2D eigenvalue weighted by molar-refractivity contribution is 6.30. The lowest BCUT2D eigenvalue weighted by Crippen LogP contribution is -2.23. The fraction of sp³-hybridized carbons (Fsp3) is 0. The Labute approximate surface area is 153 Å². The molecule has 2 aromatic carbocycles. The Morgan fingerprint density at radius 2 is 2.00 bits per heavy atom. The lowest BCUT2D eigenvalue weighted by atomic mass is 10.1. The lowest BCUT2D eigenvalue weighted by Gasteiger charge is -2.11. The van der Waals surface area contributed by atoms with Gasteiger partial charge in [-0.15, -0.1) is 0 Å². The molecule has 8 heteroatoms. The quantitative estimate of drug-likeness (QED) is 0.224. The molecule has 0 unspecified atom stereocenters. The third kappa shape index (κ3) is 2.84. The first kappa shape index (κ1) is 16.0. The molecule has 4 aromatic rings. The SMILES string of the molecule is N/C(=N\N=[NH2+])c1ccc2c(c1)nc(Nc1cccc(Cl)c1)c1cccn12. The van der Waals surface area contributed by atoms with Gasteiger partial charge in [-0.05, 0) is 48.5 Å². The van der Waals surface area contributed by atoms with Crippen LogP contribution in [-0.2, 0) is 0 Å². The summed E-state index contributed by atoms with van der Waals surface area (Å²) in [5.74, 6) is 0.939. The Morgan fingerprint density at radius 1 is 1.12 bits per heavy atom. The molecule has 0 fully saturated rings. The number of rotatable bonds is 4. The van der Waals surface area contributed by atoms with Crippen molar-refractivity contribution in [3.63, 3.8) is 0 Å². The summed E-state index contributed by atoms with van der Waals surface area (Å²) in [4.78, 5) is 4.76. The van der Waals surface area contributed by atoms with Crippen molar-refractivity contribution >= 4 is 45.5 Å². The van der Waals surface area contributed by atoms with Gasteiger partial charge < -0.3 is 15.5 Å². The Kier molecular flexibility index (Phi) is 3.98. The van der Waals surface area contributed by atoms with Gasteiger partial charge in [0.2, 0.25) is 0 Å². The maximum atomic E-state index is 6.08. The number of anilines is 2. The zero-order chi connectivity index (χ0) is 18.1. The molecule has 0 spiro atoms. The summed E-state index contributed by atoms with van der Waals surface area (Å²) in [6.45, 7) is 0. The van der Waals surface area contributed by atoms with Crippen LogP contribution in [0.5, 0.6) is 0 Å². The molecule has 0 saturated heterocycles. The summed E-state index contributed by atoms with van der Waals surface area (Å²) in [6.07, 6.45) is 1.98. The van der Waals surface area contributed by atoms with E-state index >= 15 is 0 Å². The third-order valence-electron chi connectivity index (χ3n) is 4.01. The first-order valence-corrected chi connectivity index (χ1v) is 8.20. The molecular formula is C18H15ClN7+. The van der Waals surface area contributed by atoms with Crippen molar-refractivity contribution in [2.75, 3.05) is 5.32 Å². The van der Waals surface area contributed by atoms with E-state index in [1.165, 1.54) is 0 Å². The predicted octanol–water partition coefficient (Wildman–Crippen LogP) is 2.72. The van der Waals surface area contributed by atoms with E-state index in [1.807, 2.05) is 60.8 Å². The van der Waals surface area contributed by atoms with E-state index in [2.05, 4.69) is 20.0 Å². The molecule has 0 bridgehead atoms. The van der Waals surface area contributed by atoms with Crippen LogP contribution < -0.4 is 16.6 Å². The van der Waals surface area contributed by atoms with Crippen LogP contribution in [0.15, 0.2) is 71.1 Å². The topological polar surface area (TPSA) is 106 Å². The Bertz CT molecular complexity index is 1160. The van der Waals surface area contributed by atoms with Crippen LogP contribution in [0.2, 0.25) is 5.02 Å². The molecule has 5 N–H and O–H groups in total. The zero-order valence-electron chi connectivity index (χ0n) is 13.6. The number of nitrogens with zero attached hydrogens (tertiary/aromatic N) is 4. The minimum absolute atomic E-state index is 0.230. The Hall–Kier alpha value is -3.45. The number of nitrogens with one attached hydrogen (secondary N) is 1. The maximum absolute atomic E-state index is 6.08. The molecule has 128 valence electrons. The van der Waals surface area contributed by atoms with Crippen molar-refractivity contribution in [3.8, 4) is 0 Å². The number of benzene rings is 2. The molecule has 2 heterocycles. The third-order valence-corrected chi connectivity index (χ3v) is 4.24. The van der Waals surface area contributed by atoms with Crippen LogP contribution in [0.25, 0.3) is 16.6 Å². The fourth-order valence-corrected chi connectivity index (χ4v) is 3.04. The van der Waals surface area contributed by atoms with Crippen LogP contribution in [0.4, 0.5) is 11.5 Å². The van der Waals surface area contributed by atoms with Crippen LogP contribution in [0.3, 0.4) is 0 Å². The summed E-state index contributed by atoms with van der Waals surface area (Å²) >= 11 is 6.08. The molecule has 26 heavy (non-hydrogen) atoms. The number of hydrogen-bond donors (Lipinski definition) is 3. The van der Waals surface area contributed by atoms with E-state index in [0.717, 1.165) is 22.2 Å². The van der Waals surface area contributed by atoms with Gasteiger partial charge in [0.1, 0.15) is 5.22 Å². The molecule has 0 aliphatic heterocycles. The standard InChI is InChI=1S/C18H14ClN7/c19-12-3-1-4-13(10-12)22-18-16-5-2-8-26(16)15-7-6-11(9-14(15)23-18)17(20)24-25-21/h1-10H,(H,22,23)(H3,20,21,24)/p+1. The number of fused-ring (bicyclic) bond motifs is 3. The molecule has 0 saturated carbocycles. The van der Waals surface area contributed by atoms with Crippen LogP contribution in [0.1, 0.15) is 5.56 Å². The highest BCUT2D eigenvalue weighted by atomic mass is 35.5. The van der Waals surface area contributed by atoms with Crippen molar-refractivity contribution in [1.29, 1.82) is 0 Å². The number of aromatic nitrogens is 2. The summed E-state index contributed by atoms with van der Waals surface area (Å²) in [7, 11) is 0. The highest BCUT2D eigenvalue weighted by Crippen LogP contribution is 2.26. The van der Waals surface area contributed by atoms with E-state index in [1.54, 1.807) is 0 Å². The van der Waals surface area contributed by atoms with Gasteiger partial charge in [0, 0.05) is 22.5 Å². The average Bonchev–Trinajstić information content (AvgIpc) is 3.12. The van der Waals surface area contributed by atoms with E-state index in [9.17, 15) is 0 Å². The van der Waals surface area contributed by atoms with E-state index in [4.69, 9.17) is 27.8 Å². The van der Waals surface area contributed by atoms with Crippen molar-refractivity contribution < 1.29 is 5.53 Å².